The zero-order chi connectivity index (χ0) is 26.0. The summed E-state index contributed by atoms with van der Waals surface area (Å²) >= 11 is 0.929. The molecule has 188 valence electrons. The molecular weight excluding hydrogens is 508 g/mol. The van der Waals surface area contributed by atoms with Crippen LogP contribution in [0.15, 0.2) is 53.4 Å². The highest BCUT2D eigenvalue weighted by atomic mass is 32.2. The van der Waals surface area contributed by atoms with Crippen molar-refractivity contribution >= 4 is 44.1 Å². The summed E-state index contributed by atoms with van der Waals surface area (Å²) in [4.78, 5) is 39.4. The fourth-order valence-corrected chi connectivity index (χ4v) is 6.02. The van der Waals surface area contributed by atoms with Crippen molar-refractivity contribution in [3.05, 3.63) is 70.1 Å². The van der Waals surface area contributed by atoms with E-state index in [1.807, 2.05) is 0 Å². The van der Waals surface area contributed by atoms with Crippen LogP contribution in [0.25, 0.3) is 0 Å². The lowest BCUT2D eigenvalue weighted by Gasteiger charge is -2.12. The molecule has 1 N–H and O–H groups in total. The predicted molar refractivity (Wildman–Crippen MR) is 131 cm³/mol. The quantitative estimate of drug-likeness (QED) is 0.329. The molecule has 1 aliphatic heterocycles. The second kappa shape index (κ2) is 9.99. The lowest BCUT2D eigenvalue weighted by Crippen LogP contribution is -2.28. The zero-order valence-electron chi connectivity index (χ0n) is 19.6. The molecule has 1 aliphatic rings. The van der Waals surface area contributed by atoms with Crippen molar-refractivity contribution in [3.63, 3.8) is 0 Å². The predicted octanol–water partition coefficient (Wildman–Crippen LogP) is 3.54. The molecule has 2 heterocycles. The number of hydrogen-bond donors (Lipinski definition) is 1. The molecule has 10 nitrogen and oxygen atoms in total. The van der Waals surface area contributed by atoms with Crippen LogP contribution in [0.5, 0.6) is 11.5 Å². The Balaban J connectivity index is 1.66. The van der Waals surface area contributed by atoms with Gasteiger partial charge >= 0.3 is 5.97 Å². The van der Waals surface area contributed by atoms with Gasteiger partial charge in [0.2, 0.25) is 0 Å². The fraction of sp³-hybridized carbons (Fsp3) is 0.208. The SMILES string of the molecule is CCOC(=O)c1cc(CN2C(=O)c3ccccc3C2=O)sc1NS(=O)(=O)c1ccc(OC)c(OC)c1. The molecule has 36 heavy (non-hydrogen) atoms. The van der Waals surface area contributed by atoms with E-state index in [1.54, 1.807) is 31.2 Å². The smallest absolute Gasteiger partial charge is 0.341 e. The Morgan fingerprint density at radius 2 is 1.61 bits per heavy atom. The van der Waals surface area contributed by atoms with Crippen molar-refractivity contribution in [2.45, 2.75) is 18.4 Å². The summed E-state index contributed by atoms with van der Waals surface area (Å²) in [7, 11) is -1.34. The van der Waals surface area contributed by atoms with Crippen molar-refractivity contribution in [1.29, 1.82) is 0 Å². The second-order valence-electron chi connectivity index (χ2n) is 7.54. The van der Waals surface area contributed by atoms with Gasteiger partial charge in [-0.1, -0.05) is 12.1 Å². The summed E-state index contributed by atoms with van der Waals surface area (Å²) < 4.78 is 44.1. The number of amides is 2. The minimum atomic E-state index is -4.15. The highest BCUT2D eigenvalue weighted by Gasteiger charge is 2.36. The van der Waals surface area contributed by atoms with Gasteiger partial charge in [0.25, 0.3) is 21.8 Å². The van der Waals surface area contributed by atoms with Crippen molar-refractivity contribution in [3.8, 4) is 11.5 Å². The first-order valence-corrected chi connectivity index (χ1v) is 13.0. The molecule has 0 spiro atoms. The largest absolute Gasteiger partial charge is 0.493 e. The number of methoxy groups -OCH3 is 2. The third kappa shape index (κ3) is 4.64. The van der Waals surface area contributed by atoms with Crippen LogP contribution in [0, 0.1) is 0 Å². The molecular formula is C24H22N2O8S2. The van der Waals surface area contributed by atoms with Crippen LogP contribution in [0.3, 0.4) is 0 Å². The first-order valence-electron chi connectivity index (χ1n) is 10.7. The molecule has 1 aromatic heterocycles. The number of imide groups is 1. The van der Waals surface area contributed by atoms with Crippen LogP contribution in [0.2, 0.25) is 0 Å². The van der Waals surface area contributed by atoms with E-state index in [1.165, 1.54) is 38.5 Å². The maximum absolute atomic E-state index is 13.1. The molecule has 0 fully saturated rings. The Morgan fingerprint density at radius 3 is 2.19 bits per heavy atom. The van der Waals surface area contributed by atoms with Gasteiger partial charge in [0, 0.05) is 10.9 Å². The summed E-state index contributed by atoms with van der Waals surface area (Å²) in [5.74, 6) is -1.11. The second-order valence-corrected chi connectivity index (χ2v) is 10.4. The summed E-state index contributed by atoms with van der Waals surface area (Å²) in [6.45, 7) is 1.56. The highest BCUT2D eigenvalue weighted by Crippen LogP contribution is 2.35. The Hall–Kier alpha value is -3.90. The Labute approximate surface area is 211 Å². The van der Waals surface area contributed by atoms with E-state index in [0.717, 1.165) is 16.2 Å². The summed E-state index contributed by atoms with van der Waals surface area (Å²) in [5.41, 5.74) is 0.551. The number of anilines is 1. The molecule has 4 rings (SSSR count). The van der Waals surface area contributed by atoms with Crippen molar-refractivity contribution in [1.82, 2.24) is 4.90 Å². The van der Waals surface area contributed by atoms with E-state index in [9.17, 15) is 22.8 Å². The topological polar surface area (TPSA) is 128 Å². The van der Waals surface area contributed by atoms with Crippen molar-refractivity contribution in [2.24, 2.45) is 0 Å². The van der Waals surface area contributed by atoms with Crippen molar-refractivity contribution in [2.75, 3.05) is 25.5 Å². The number of benzene rings is 2. The molecule has 0 bridgehead atoms. The van der Waals surface area contributed by atoms with Crippen LogP contribution >= 0.6 is 11.3 Å². The molecule has 0 saturated carbocycles. The van der Waals surface area contributed by atoms with Gasteiger partial charge in [-0.15, -0.1) is 11.3 Å². The number of esters is 1. The normalized spacial score (nSPS) is 12.9. The average molecular weight is 531 g/mol. The van der Waals surface area contributed by atoms with Gasteiger partial charge < -0.3 is 14.2 Å². The van der Waals surface area contributed by atoms with Crippen LogP contribution in [0.1, 0.15) is 42.9 Å². The van der Waals surface area contributed by atoms with E-state index >= 15 is 0 Å². The maximum Gasteiger partial charge on any atom is 0.341 e. The van der Waals surface area contributed by atoms with E-state index in [-0.39, 0.29) is 34.4 Å². The average Bonchev–Trinajstić information content (AvgIpc) is 3.37. The molecule has 0 aliphatic carbocycles. The molecule has 2 amide bonds. The third-order valence-electron chi connectivity index (χ3n) is 5.36. The van der Waals surface area contributed by atoms with Gasteiger partial charge in [-0.05, 0) is 37.3 Å². The van der Waals surface area contributed by atoms with Gasteiger partial charge in [-0.25, -0.2) is 13.2 Å². The van der Waals surface area contributed by atoms with Crippen LogP contribution in [0.4, 0.5) is 5.00 Å². The van der Waals surface area contributed by atoms with E-state index in [4.69, 9.17) is 14.2 Å². The summed E-state index contributed by atoms with van der Waals surface area (Å²) in [5, 5.41) is -0.00477. The number of fused-ring (bicyclic) bond motifs is 1. The number of nitrogens with zero attached hydrogens (tertiary/aromatic N) is 1. The number of carbonyl (C=O) groups excluding carboxylic acids is 3. The fourth-order valence-electron chi connectivity index (χ4n) is 3.66. The van der Waals surface area contributed by atoms with Crippen LogP contribution in [-0.2, 0) is 21.3 Å². The number of carbonyl (C=O) groups is 3. The van der Waals surface area contributed by atoms with Gasteiger partial charge in [-0.3, -0.25) is 19.2 Å². The summed E-state index contributed by atoms with van der Waals surface area (Å²) in [6, 6.07) is 11.9. The minimum absolute atomic E-state index is 0.00477. The van der Waals surface area contributed by atoms with Crippen molar-refractivity contribution < 1.29 is 37.0 Å². The highest BCUT2D eigenvalue weighted by molar-refractivity contribution is 7.93. The van der Waals surface area contributed by atoms with Crippen LogP contribution in [-0.4, -0.2) is 51.9 Å². The Bertz CT molecular complexity index is 1430. The monoisotopic (exact) mass is 530 g/mol. The molecule has 0 radical (unpaired) electrons. The number of rotatable bonds is 9. The van der Waals surface area contributed by atoms with Gasteiger partial charge in [0.15, 0.2) is 11.5 Å². The number of nitrogens with one attached hydrogen (secondary N) is 1. The number of sulfonamides is 1. The Morgan fingerprint density at radius 1 is 0.972 bits per heavy atom. The maximum atomic E-state index is 13.1. The first kappa shape index (κ1) is 25.2. The van der Waals surface area contributed by atoms with Gasteiger partial charge in [-0.2, -0.15) is 0 Å². The summed E-state index contributed by atoms with van der Waals surface area (Å²) in [6.07, 6.45) is 0. The molecule has 0 saturated heterocycles. The van der Waals surface area contributed by atoms with E-state index in [2.05, 4.69) is 4.72 Å². The minimum Gasteiger partial charge on any atom is -0.493 e. The first-order chi connectivity index (χ1) is 17.2. The molecule has 3 aromatic rings. The van der Waals surface area contributed by atoms with E-state index in [0.29, 0.717) is 21.8 Å². The number of hydrogen-bond acceptors (Lipinski definition) is 9. The third-order valence-corrected chi connectivity index (χ3v) is 7.87. The lowest BCUT2D eigenvalue weighted by molar-refractivity contribution is 0.0527. The van der Waals surface area contributed by atoms with Crippen LogP contribution < -0.4 is 14.2 Å². The number of ether oxygens (including phenoxy) is 3. The molecule has 0 unspecified atom stereocenters. The van der Waals surface area contributed by atoms with E-state index < -0.39 is 27.8 Å². The Kier molecular flexibility index (Phi) is 7.00. The zero-order valence-corrected chi connectivity index (χ0v) is 21.2. The molecule has 12 heteroatoms. The molecule has 2 aromatic carbocycles. The standard InChI is InChI=1S/C24H22N2O8S2/c1-4-34-24(29)18-11-14(13-26-22(27)16-7-5-6-8-17(16)23(26)28)35-21(18)25-36(30,31)15-9-10-19(32-2)20(12-15)33-3/h5-12,25H,4,13H2,1-3H3. The molecule has 0 atom stereocenters. The number of thiophene rings is 1. The lowest BCUT2D eigenvalue weighted by atomic mass is 10.1. The van der Waals surface area contributed by atoms with Gasteiger partial charge in [0.05, 0.1) is 49.0 Å². The van der Waals surface area contributed by atoms with Gasteiger partial charge in [0.1, 0.15) is 5.00 Å².